The molecule has 180 valence electrons. The molecule has 1 aliphatic rings. The number of nitriles is 1. The largest absolute Gasteiger partial charge is 0.463 e. The van der Waals surface area contributed by atoms with Crippen LogP contribution in [0.5, 0.6) is 0 Å². The summed E-state index contributed by atoms with van der Waals surface area (Å²) in [6.45, 7) is 1.91. The molecule has 3 aromatic carbocycles. The number of rotatable bonds is 8. The first-order valence-electron chi connectivity index (χ1n) is 11.4. The van der Waals surface area contributed by atoms with Crippen molar-refractivity contribution in [2.75, 3.05) is 12.4 Å². The van der Waals surface area contributed by atoms with E-state index in [1.165, 1.54) is 11.8 Å². The second kappa shape index (κ2) is 11.8. The first-order chi connectivity index (χ1) is 17.5. The fraction of sp³-hybridized carbons (Fsp3) is 0.138. The van der Waals surface area contributed by atoms with Crippen LogP contribution in [0, 0.1) is 11.3 Å². The number of thioether (sulfide) groups is 1. The third-order valence-electron chi connectivity index (χ3n) is 5.67. The molecule has 0 radical (unpaired) electrons. The molecule has 0 aliphatic carbocycles. The van der Waals surface area contributed by atoms with Crippen molar-refractivity contribution < 1.29 is 14.3 Å². The van der Waals surface area contributed by atoms with Gasteiger partial charge in [0.05, 0.1) is 46.2 Å². The van der Waals surface area contributed by atoms with Crippen molar-refractivity contribution in [1.29, 1.82) is 5.26 Å². The van der Waals surface area contributed by atoms with Crippen molar-refractivity contribution in [3.8, 4) is 6.07 Å². The highest BCUT2D eigenvalue weighted by molar-refractivity contribution is 8.03. The molecule has 5 nitrogen and oxygen atoms in total. The highest BCUT2D eigenvalue weighted by atomic mass is 35.5. The molecule has 1 aliphatic heterocycles. The first-order valence-corrected chi connectivity index (χ1v) is 12.7. The summed E-state index contributed by atoms with van der Waals surface area (Å²) in [5.74, 6) is -1.26. The van der Waals surface area contributed by atoms with Crippen LogP contribution in [-0.2, 0) is 9.53 Å². The van der Waals surface area contributed by atoms with Crippen molar-refractivity contribution in [3.05, 3.63) is 123 Å². The van der Waals surface area contributed by atoms with Gasteiger partial charge in [-0.15, -0.1) is 0 Å². The van der Waals surface area contributed by atoms with Gasteiger partial charge in [-0.25, -0.2) is 4.79 Å². The molecule has 1 N–H and O–H groups in total. The van der Waals surface area contributed by atoms with Crippen LogP contribution in [0.15, 0.2) is 101 Å². The lowest BCUT2D eigenvalue weighted by molar-refractivity contribution is -0.138. The van der Waals surface area contributed by atoms with Crippen molar-refractivity contribution >= 4 is 40.8 Å². The Morgan fingerprint density at radius 2 is 1.64 bits per heavy atom. The van der Waals surface area contributed by atoms with E-state index in [2.05, 4.69) is 11.4 Å². The third-order valence-corrected chi connectivity index (χ3v) is 7.03. The van der Waals surface area contributed by atoms with Crippen LogP contribution < -0.4 is 5.32 Å². The maximum atomic E-state index is 13.3. The highest BCUT2D eigenvalue weighted by Crippen LogP contribution is 2.45. The molecule has 1 unspecified atom stereocenters. The van der Waals surface area contributed by atoms with Crippen LogP contribution >= 0.6 is 23.4 Å². The van der Waals surface area contributed by atoms with E-state index in [1.54, 1.807) is 37.3 Å². The molecule has 0 fully saturated rings. The number of carbonyl (C=O) groups is 2. The minimum Gasteiger partial charge on any atom is -0.463 e. The van der Waals surface area contributed by atoms with Gasteiger partial charge < -0.3 is 10.1 Å². The minimum absolute atomic E-state index is 0.0667. The number of carbonyl (C=O) groups excluding carboxylic acids is 2. The van der Waals surface area contributed by atoms with Crippen molar-refractivity contribution in [3.63, 3.8) is 0 Å². The van der Waals surface area contributed by atoms with Gasteiger partial charge in [0, 0.05) is 10.6 Å². The van der Waals surface area contributed by atoms with E-state index >= 15 is 0 Å². The molecule has 36 heavy (non-hydrogen) atoms. The van der Waals surface area contributed by atoms with Gasteiger partial charge >= 0.3 is 5.97 Å². The number of halogens is 1. The Labute approximate surface area is 219 Å². The Morgan fingerprint density at radius 3 is 2.28 bits per heavy atom. The Hall–Kier alpha value is -3.79. The zero-order valence-electron chi connectivity index (χ0n) is 19.5. The van der Waals surface area contributed by atoms with E-state index in [4.69, 9.17) is 16.3 Å². The zero-order chi connectivity index (χ0) is 25.5. The number of ether oxygens (including phenoxy) is 1. The lowest BCUT2D eigenvalue weighted by Gasteiger charge is -2.31. The fourth-order valence-electron chi connectivity index (χ4n) is 4.02. The monoisotopic (exact) mass is 514 g/mol. The number of allylic oxidation sites excluding steroid dienone is 1. The predicted molar refractivity (Wildman–Crippen MR) is 143 cm³/mol. The smallest absolute Gasteiger partial charge is 0.337 e. The number of nitrogens with zero attached hydrogens (tertiary/aromatic N) is 1. The van der Waals surface area contributed by atoms with Crippen LogP contribution in [0.4, 0.5) is 0 Å². The second-order valence-corrected chi connectivity index (χ2v) is 9.28. The van der Waals surface area contributed by atoms with Gasteiger partial charge in [-0.2, -0.15) is 5.26 Å². The summed E-state index contributed by atoms with van der Waals surface area (Å²) in [7, 11) is 0. The minimum atomic E-state index is -0.770. The molecular formula is C29H23ClN2O3S. The van der Waals surface area contributed by atoms with Gasteiger partial charge in [-0.05, 0) is 24.1 Å². The van der Waals surface area contributed by atoms with Gasteiger partial charge in [0.2, 0.25) is 0 Å². The number of esters is 1. The lowest BCUT2D eigenvalue weighted by atomic mass is 9.81. The van der Waals surface area contributed by atoms with Crippen molar-refractivity contribution in [1.82, 2.24) is 5.32 Å². The van der Waals surface area contributed by atoms with Crippen LogP contribution in [0.25, 0.3) is 5.70 Å². The summed E-state index contributed by atoms with van der Waals surface area (Å²) in [6, 6.07) is 27.8. The number of benzene rings is 3. The van der Waals surface area contributed by atoms with E-state index < -0.39 is 11.9 Å². The van der Waals surface area contributed by atoms with Gasteiger partial charge in [-0.3, -0.25) is 4.79 Å². The molecule has 0 bridgehead atoms. The number of nitrogens with one attached hydrogen (secondary N) is 1. The van der Waals surface area contributed by atoms with Gasteiger partial charge in [-0.1, -0.05) is 102 Å². The number of hydrogen-bond acceptors (Lipinski definition) is 6. The van der Waals surface area contributed by atoms with E-state index in [0.717, 1.165) is 5.56 Å². The maximum Gasteiger partial charge on any atom is 0.337 e. The predicted octanol–water partition coefficient (Wildman–Crippen LogP) is 6.35. The molecular weight excluding hydrogens is 492 g/mol. The average molecular weight is 515 g/mol. The Kier molecular flexibility index (Phi) is 8.27. The first kappa shape index (κ1) is 25.3. The summed E-state index contributed by atoms with van der Waals surface area (Å²) in [5.41, 5.74) is 3.08. The summed E-state index contributed by atoms with van der Waals surface area (Å²) in [6.07, 6.45) is 0. The summed E-state index contributed by atoms with van der Waals surface area (Å²) in [4.78, 5) is 26.2. The number of ketones is 1. The van der Waals surface area contributed by atoms with E-state index in [1.807, 2.05) is 54.6 Å². The molecule has 0 aromatic heterocycles. The topological polar surface area (TPSA) is 79.2 Å². The van der Waals surface area contributed by atoms with E-state index in [9.17, 15) is 14.9 Å². The normalized spacial score (nSPS) is 15.2. The second-order valence-electron chi connectivity index (χ2n) is 7.89. The summed E-state index contributed by atoms with van der Waals surface area (Å²) in [5, 5.41) is 14.5. The van der Waals surface area contributed by atoms with Crippen LogP contribution in [0.2, 0.25) is 5.02 Å². The third kappa shape index (κ3) is 5.38. The molecule has 1 heterocycles. The van der Waals surface area contributed by atoms with Crippen LogP contribution in [0.1, 0.15) is 34.3 Å². The van der Waals surface area contributed by atoms with E-state index in [0.29, 0.717) is 38.0 Å². The summed E-state index contributed by atoms with van der Waals surface area (Å²) >= 11 is 7.82. The van der Waals surface area contributed by atoms with Gasteiger partial charge in [0.25, 0.3) is 0 Å². The molecule has 0 amide bonds. The molecule has 1 atom stereocenters. The quantitative estimate of drug-likeness (QED) is 0.278. The zero-order valence-corrected chi connectivity index (χ0v) is 21.1. The van der Waals surface area contributed by atoms with Crippen LogP contribution in [0.3, 0.4) is 0 Å². The lowest BCUT2D eigenvalue weighted by Crippen LogP contribution is -2.29. The van der Waals surface area contributed by atoms with E-state index in [-0.39, 0.29) is 18.1 Å². The Morgan fingerprint density at radius 1 is 1.00 bits per heavy atom. The molecule has 0 saturated heterocycles. The number of Topliss-reactive ketones (excluding diaryl/α,β-unsaturated/α-hetero) is 1. The van der Waals surface area contributed by atoms with Gasteiger partial charge in [0.1, 0.15) is 0 Å². The molecule has 0 saturated carbocycles. The Balaban J connectivity index is 1.85. The fourth-order valence-corrected chi connectivity index (χ4v) is 5.20. The number of hydrogen-bond donors (Lipinski definition) is 1. The van der Waals surface area contributed by atoms with Crippen molar-refractivity contribution in [2.24, 2.45) is 0 Å². The number of dihydropyridines is 1. The molecule has 0 spiro atoms. The average Bonchev–Trinajstić information content (AvgIpc) is 2.92. The van der Waals surface area contributed by atoms with Gasteiger partial charge in [0.15, 0.2) is 5.78 Å². The molecule has 3 aromatic rings. The van der Waals surface area contributed by atoms with Crippen LogP contribution in [-0.4, -0.2) is 24.1 Å². The maximum absolute atomic E-state index is 13.3. The molecule has 7 heteroatoms. The Bertz CT molecular complexity index is 1380. The summed E-state index contributed by atoms with van der Waals surface area (Å²) < 4.78 is 5.44. The van der Waals surface area contributed by atoms with Crippen molar-refractivity contribution in [2.45, 2.75) is 12.8 Å². The molecule has 4 rings (SSSR count). The standard InChI is InChI=1S/C29H23ClN2O3S/c1-2-35-29(34)26-25(21-15-9-10-16-23(21)30)22(17-31)28(32-27(26)20-13-7-4-8-14-20)36-18-24(33)19-11-5-3-6-12-19/h3-16,25,32H,2,18H2,1H3. The SMILES string of the molecule is CCOC(=O)C1=C(c2ccccc2)NC(SCC(=O)c2ccccc2)=C(C#N)C1c1ccccc1Cl. The highest BCUT2D eigenvalue weighted by Gasteiger charge is 2.38.